The van der Waals surface area contributed by atoms with Crippen LogP contribution in [0, 0.1) is 0 Å². The van der Waals surface area contributed by atoms with Gasteiger partial charge in [-0.15, -0.1) is 0 Å². The third kappa shape index (κ3) is 2.71. The van der Waals surface area contributed by atoms with Crippen LogP contribution in [-0.2, 0) is 16.1 Å². The molecule has 66 valence electrons. The van der Waals surface area contributed by atoms with Crippen molar-refractivity contribution in [1.82, 2.24) is 15.3 Å². The minimum absolute atomic E-state index is 0.0914. The molecule has 12 heavy (non-hydrogen) atoms. The van der Waals surface area contributed by atoms with Gasteiger partial charge >= 0.3 is 0 Å². The highest BCUT2D eigenvalue weighted by atomic mass is 16.5. The Labute approximate surface area is 70.1 Å². The van der Waals surface area contributed by atoms with E-state index in [1.165, 1.54) is 7.11 Å². The van der Waals surface area contributed by atoms with Crippen molar-refractivity contribution >= 4 is 5.91 Å². The van der Waals surface area contributed by atoms with Gasteiger partial charge in [-0.3, -0.25) is 4.79 Å². The Morgan fingerprint density at radius 1 is 1.83 bits per heavy atom. The highest BCUT2D eigenvalue weighted by Gasteiger charge is 1.99. The monoisotopic (exact) mass is 169 g/mol. The predicted octanol–water partition coefficient (Wildman–Crippen LogP) is -0.328. The Bertz CT molecular complexity index is 233. The third-order valence-corrected chi connectivity index (χ3v) is 1.31. The number of carbonyl (C=O) groups excluding carboxylic acids is 1. The van der Waals surface area contributed by atoms with E-state index >= 15 is 0 Å². The van der Waals surface area contributed by atoms with Crippen LogP contribution in [0.4, 0.5) is 0 Å². The Balaban J connectivity index is 2.22. The molecule has 1 heterocycles. The molecule has 0 fully saturated rings. The summed E-state index contributed by atoms with van der Waals surface area (Å²) in [6.07, 6.45) is 3.23. The van der Waals surface area contributed by atoms with Crippen molar-refractivity contribution in [1.29, 1.82) is 0 Å². The highest BCUT2D eigenvalue weighted by Crippen LogP contribution is 1.88. The van der Waals surface area contributed by atoms with E-state index in [0.29, 0.717) is 6.54 Å². The smallest absolute Gasteiger partial charge is 0.246 e. The fraction of sp³-hybridized carbons (Fsp3) is 0.429. The standard InChI is InChI=1S/C7H11N3O2/c1-12-4-7(11)9-3-6-2-8-5-10-6/h2,5H,3-4H2,1H3,(H,8,10)(H,9,11). The molecule has 0 aliphatic carbocycles. The van der Waals surface area contributed by atoms with Crippen molar-refractivity contribution in [2.75, 3.05) is 13.7 Å². The van der Waals surface area contributed by atoms with Crippen molar-refractivity contribution < 1.29 is 9.53 Å². The van der Waals surface area contributed by atoms with E-state index in [-0.39, 0.29) is 12.5 Å². The molecule has 0 atom stereocenters. The lowest BCUT2D eigenvalue weighted by molar-refractivity contribution is -0.124. The third-order valence-electron chi connectivity index (χ3n) is 1.31. The summed E-state index contributed by atoms with van der Waals surface area (Å²) in [6, 6.07) is 0. The molecule has 0 saturated heterocycles. The van der Waals surface area contributed by atoms with E-state index in [1.807, 2.05) is 0 Å². The summed E-state index contributed by atoms with van der Waals surface area (Å²) in [5, 5.41) is 2.65. The van der Waals surface area contributed by atoms with Crippen LogP contribution in [0.5, 0.6) is 0 Å². The maximum Gasteiger partial charge on any atom is 0.246 e. The topological polar surface area (TPSA) is 67.0 Å². The van der Waals surface area contributed by atoms with Gasteiger partial charge in [0.05, 0.1) is 18.6 Å². The van der Waals surface area contributed by atoms with Gasteiger partial charge in [-0.1, -0.05) is 0 Å². The minimum atomic E-state index is -0.132. The Morgan fingerprint density at radius 2 is 2.67 bits per heavy atom. The summed E-state index contributed by atoms with van der Waals surface area (Å²) in [4.78, 5) is 17.5. The van der Waals surface area contributed by atoms with Crippen LogP contribution in [0.15, 0.2) is 12.5 Å². The first kappa shape index (κ1) is 8.73. The SMILES string of the molecule is COCC(=O)NCc1cnc[nH]1. The number of hydrogen-bond donors (Lipinski definition) is 2. The molecule has 0 bridgehead atoms. The molecule has 0 aromatic carbocycles. The number of methoxy groups -OCH3 is 1. The molecule has 0 aliphatic heterocycles. The summed E-state index contributed by atoms with van der Waals surface area (Å²) < 4.78 is 4.64. The average molecular weight is 169 g/mol. The molecule has 1 amide bonds. The molecular formula is C7H11N3O2. The molecule has 2 N–H and O–H groups in total. The van der Waals surface area contributed by atoms with E-state index in [2.05, 4.69) is 20.0 Å². The Kier molecular flexibility index (Phi) is 3.28. The van der Waals surface area contributed by atoms with Crippen LogP contribution in [0.2, 0.25) is 0 Å². The zero-order valence-electron chi connectivity index (χ0n) is 6.83. The van der Waals surface area contributed by atoms with Crippen LogP contribution in [0.25, 0.3) is 0 Å². The van der Waals surface area contributed by atoms with Crippen molar-refractivity contribution in [3.8, 4) is 0 Å². The van der Waals surface area contributed by atoms with E-state index < -0.39 is 0 Å². The lowest BCUT2D eigenvalue weighted by Gasteiger charge is -2.01. The van der Waals surface area contributed by atoms with Gasteiger partial charge in [0, 0.05) is 13.3 Å². The summed E-state index contributed by atoms with van der Waals surface area (Å²) in [5.41, 5.74) is 0.874. The van der Waals surface area contributed by atoms with Crippen molar-refractivity contribution in [3.05, 3.63) is 18.2 Å². The molecule has 5 heteroatoms. The average Bonchev–Trinajstić information content (AvgIpc) is 2.53. The number of rotatable bonds is 4. The Hall–Kier alpha value is -1.36. The zero-order chi connectivity index (χ0) is 8.81. The fourth-order valence-electron chi connectivity index (χ4n) is 0.757. The molecule has 1 aromatic rings. The summed E-state index contributed by atoms with van der Waals surface area (Å²) in [6.45, 7) is 0.552. The fourth-order valence-corrected chi connectivity index (χ4v) is 0.757. The number of aromatic nitrogens is 2. The van der Waals surface area contributed by atoms with Crippen molar-refractivity contribution in [2.24, 2.45) is 0 Å². The first-order chi connectivity index (χ1) is 5.83. The van der Waals surface area contributed by atoms with Gasteiger partial charge in [-0.25, -0.2) is 4.98 Å². The maximum absolute atomic E-state index is 10.9. The Morgan fingerprint density at radius 3 is 3.25 bits per heavy atom. The lowest BCUT2D eigenvalue weighted by atomic mass is 10.4. The normalized spacial score (nSPS) is 9.75. The molecule has 1 rings (SSSR count). The van der Waals surface area contributed by atoms with E-state index in [0.717, 1.165) is 5.69 Å². The number of imidazole rings is 1. The number of nitrogens with one attached hydrogen (secondary N) is 2. The number of amides is 1. The van der Waals surface area contributed by atoms with E-state index in [4.69, 9.17) is 0 Å². The van der Waals surface area contributed by atoms with Gasteiger partial charge in [-0.05, 0) is 0 Å². The first-order valence-electron chi connectivity index (χ1n) is 3.56. The molecule has 0 unspecified atom stereocenters. The largest absolute Gasteiger partial charge is 0.375 e. The zero-order valence-corrected chi connectivity index (χ0v) is 6.83. The second kappa shape index (κ2) is 4.50. The lowest BCUT2D eigenvalue weighted by Crippen LogP contribution is -2.26. The van der Waals surface area contributed by atoms with Crippen LogP contribution in [-0.4, -0.2) is 29.6 Å². The quantitative estimate of drug-likeness (QED) is 0.648. The summed E-state index contributed by atoms with van der Waals surface area (Å²) >= 11 is 0. The molecule has 0 saturated carbocycles. The number of hydrogen-bond acceptors (Lipinski definition) is 3. The minimum Gasteiger partial charge on any atom is -0.375 e. The number of aromatic amines is 1. The van der Waals surface area contributed by atoms with Crippen molar-refractivity contribution in [3.63, 3.8) is 0 Å². The molecular weight excluding hydrogens is 158 g/mol. The van der Waals surface area contributed by atoms with Gasteiger partial charge in [0.25, 0.3) is 0 Å². The molecule has 0 spiro atoms. The van der Waals surface area contributed by atoms with Crippen LogP contribution < -0.4 is 5.32 Å². The number of ether oxygens (including phenoxy) is 1. The second-order valence-corrected chi connectivity index (χ2v) is 2.29. The van der Waals surface area contributed by atoms with Gasteiger partial charge < -0.3 is 15.0 Å². The van der Waals surface area contributed by atoms with Crippen LogP contribution in [0.3, 0.4) is 0 Å². The molecule has 5 nitrogen and oxygen atoms in total. The number of H-pyrrole nitrogens is 1. The number of carbonyl (C=O) groups is 1. The summed E-state index contributed by atoms with van der Waals surface area (Å²) in [5.74, 6) is -0.132. The molecule has 0 aliphatic rings. The second-order valence-electron chi connectivity index (χ2n) is 2.29. The number of nitrogens with zero attached hydrogens (tertiary/aromatic N) is 1. The molecule has 1 aromatic heterocycles. The van der Waals surface area contributed by atoms with Gasteiger partial charge in [0.1, 0.15) is 6.61 Å². The van der Waals surface area contributed by atoms with Crippen molar-refractivity contribution in [2.45, 2.75) is 6.54 Å². The van der Waals surface area contributed by atoms with Gasteiger partial charge in [-0.2, -0.15) is 0 Å². The highest BCUT2D eigenvalue weighted by molar-refractivity contribution is 5.77. The van der Waals surface area contributed by atoms with E-state index in [9.17, 15) is 4.79 Å². The first-order valence-corrected chi connectivity index (χ1v) is 3.56. The van der Waals surface area contributed by atoms with Crippen LogP contribution >= 0.6 is 0 Å². The summed E-state index contributed by atoms with van der Waals surface area (Å²) in [7, 11) is 1.48. The van der Waals surface area contributed by atoms with Gasteiger partial charge in [0.2, 0.25) is 5.91 Å². The van der Waals surface area contributed by atoms with Crippen LogP contribution in [0.1, 0.15) is 5.69 Å². The van der Waals surface area contributed by atoms with Gasteiger partial charge in [0.15, 0.2) is 0 Å². The molecule has 0 radical (unpaired) electrons. The predicted molar refractivity (Wildman–Crippen MR) is 42.3 cm³/mol. The van der Waals surface area contributed by atoms with E-state index in [1.54, 1.807) is 12.5 Å². The maximum atomic E-state index is 10.9.